The first kappa shape index (κ1) is 14.9. The van der Waals surface area contributed by atoms with Gasteiger partial charge in [-0.1, -0.05) is 63.4 Å². The maximum atomic E-state index is 6.03. The average Bonchev–Trinajstić information content (AvgIpc) is 2.40. The van der Waals surface area contributed by atoms with Crippen LogP contribution in [0.15, 0.2) is 46.9 Å². The maximum absolute atomic E-state index is 6.03. The lowest BCUT2D eigenvalue weighted by Crippen LogP contribution is -2.18. The molecule has 0 radical (unpaired) electrons. The third kappa shape index (κ3) is 3.96. The van der Waals surface area contributed by atoms with Gasteiger partial charge >= 0.3 is 0 Å². The quantitative estimate of drug-likeness (QED) is 0.749. The molecule has 1 nitrogen and oxygen atoms in total. The molecule has 2 rings (SSSR count). The second kappa shape index (κ2) is 6.76. The molecule has 0 spiro atoms. The molecule has 0 saturated heterocycles. The van der Waals surface area contributed by atoms with Gasteiger partial charge in [0.25, 0.3) is 0 Å². The van der Waals surface area contributed by atoms with Crippen molar-refractivity contribution < 1.29 is 0 Å². The maximum Gasteiger partial charge on any atom is 0.0595 e. The van der Waals surface area contributed by atoms with Crippen LogP contribution in [0, 0.1) is 0 Å². The normalized spacial score (nSPS) is 12.4. The van der Waals surface area contributed by atoms with E-state index in [1.165, 1.54) is 5.56 Å². The van der Waals surface area contributed by atoms with E-state index >= 15 is 0 Å². The van der Waals surface area contributed by atoms with Gasteiger partial charge < -0.3 is 5.32 Å². The standard InChI is InChI=1S/C15H14BrCl2N/c1-10(11-6-7-14(17)15(18)8-11)19-9-12-4-2-3-5-13(12)16/h2-8,10,19H,9H2,1H3. The number of benzene rings is 2. The van der Waals surface area contributed by atoms with Crippen molar-refractivity contribution in [2.45, 2.75) is 19.5 Å². The summed E-state index contributed by atoms with van der Waals surface area (Å²) in [6, 6.07) is 14.1. The van der Waals surface area contributed by atoms with Crippen molar-refractivity contribution in [3.63, 3.8) is 0 Å². The molecule has 4 heteroatoms. The molecule has 1 unspecified atom stereocenters. The van der Waals surface area contributed by atoms with Gasteiger partial charge in [0.15, 0.2) is 0 Å². The number of halogens is 3. The minimum Gasteiger partial charge on any atom is -0.306 e. The Morgan fingerprint density at radius 3 is 2.53 bits per heavy atom. The van der Waals surface area contributed by atoms with Crippen LogP contribution in [0.25, 0.3) is 0 Å². The fourth-order valence-corrected chi connectivity index (χ4v) is 2.54. The Morgan fingerprint density at radius 2 is 1.84 bits per heavy atom. The number of nitrogens with one attached hydrogen (secondary N) is 1. The summed E-state index contributed by atoms with van der Waals surface area (Å²) >= 11 is 15.5. The zero-order valence-electron chi connectivity index (χ0n) is 10.5. The smallest absolute Gasteiger partial charge is 0.0595 e. The van der Waals surface area contributed by atoms with Gasteiger partial charge in [0.05, 0.1) is 10.0 Å². The molecular formula is C15H14BrCl2N. The third-order valence-electron chi connectivity index (χ3n) is 3.00. The lowest BCUT2D eigenvalue weighted by atomic mass is 10.1. The SMILES string of the molecule is CC(NCc1ccccc1Br)c1ccc(Cl)c(Cl)c1. The Hall–Kier alpha value is -0.540. The summed E-state index contributed by atoms with van der Waals surface area (Å²) in [5, 5.41) is 4.65. The molecule has 19 heavy (non-hydrogen) atoms. The minimum atomic E-state index is 0.210. The Labute approximate surface area is 132 Å². The van der Waals surface area contributed by atoms with Crippen molar-refractivity contribution in [1.29, 1.82) is 0 Å². The van der Waals surface area contributed by atoms with Crippen molar-refractivity contribution >= 4 is 39.1 Å². The molecular weight excluding hydrogens is 345 g/mol. The van der Waals surface area contributed by atoms with Gasteiger partial charge in [0, 0.05) is 17.1 Å². The molecule has 0 saturated carbocycles. The first-order chi connectivity index (χ1) is 9.08. The van der Waals surface area contributed by atoms with Crippen molar-refractivity contribution in [3.8, 4) is 0 Å². The van der Waals surface area contributed by atoms with E-state index in [9.17, 15) is 0 Å². The second-order valence-electron chi connectivity index (χ2n) is 4.37. The second-order valence-corrected chi connectivity index (χ2v) is 6.04. The van der Waals surface area contributed by atoms with Gasteiger partial charge in [-0.25, -0.2) is 0 Å². The topological polar surface area (TPSA) is 12.0 Å². The molecule has 0 amide bonds. The van der Waals surface area contributed by atoms with Crippen LogP contribution < -0.4 is 5.32 Å². The molecule has 0 aliphatic rings. The van der Waals surface area contributed by atoms with Crippen molar-refractivity contribution in [2.24, 2.45) is 0 Å². The lowest BCUT2D eigenvalue weighted by Gasteiger charge is -2.15. The summed E-state index contributed by atoms with van der Waals surface area (Å²) in [4.78, 5) is 0. The van der Waals surface area contributed by atoms with E-state index in [1.54, 1.807) is 0 Å². The Balaban J connectivity index is 2.03. The highest BCUT2D eigenvalue weighted by Gasteiger charge is 2.08. The minimum absolute atomic E-state index is 0.210. The van der Waals surface area contributed by atoms with Crippen LogP contribution >= 0.6 is 39.1 Å². The van der Waals surface area contributed by atoms with Crippen molar-refractivity contribution in [1.82, 2.24) is 5.32 Å². The van der Waals surface area contributed by atoms with E-state index in [0.717, 1.165) is 16.6 Å². The van der Waals surface area contributed by atoms with Gasteiger partial charge in [0.1, 0.15) is 0 Å². The van der Waals surface area contributed by atoms with Gasteiger partial charge in [-0.15, -0.1) is 0 Å². The van der Waals surface area contributed by atoms with Gasteiger partial charge in [-0.2, -0.15) is 0 Å². The molecule has 2 aromatic carbocycles. The Kier molecular flexibility index (Phi) is 5.28. The third-order valence-corrected chi connectivity index (χ3v) is 4.51. The van der Waals surface area contributed by atoms with Crippen LogP contribution in [0.2, 0.25) is 10.0 Å². The molecule has 100 valence electrons. The molecule has 0 aliphatic heterocycles. The zero-order valence-corrected chi connectivity index (χ0v) is 13.6. The van der Waals surface area contributed by atoms with Crippen molar-refractivity contribution in [2.75, 3.05) is 0 Å². The summed E-state index contributed by atoms with van der Waals surface area (Å²) < 4.78 is 1.11. The summed E-state index contributed by atoms with van der Waals surface area (Å²) in [7, 11) is 0. The Morgan fingerprint density at radius 1 is 1.11 bits per heavy atom. The summed E-state index contributed by atoms with van der Waals surface area (Å²) in [6.07, 6.45) is 0. The largest absolute Gasteiger partial charge is 0.306 e. The van der Waals surface area contributed by atoms with Gasteiger partial charge in [-0.3, -0.25) is 0 Å². The van der Waals surface area contributed by atoms with Crippen LogP contribution in [-0.4, -0.2) is 0 Å². The van der Waals surface area contributed by atoms with E-state index in [-0.39, 0.29) is 6.04 Å². The fraction of sp³-hybridized carbons (Fsp3) is 0.200. The van der Waals surface area contributed by atoms with Gasteiger partial charge in [-0.05, 0) is 36.2 Å². The predicted molar refractivity (Wildman–Crippen MR) is 85.9 cm³/mol. The molecule has 0 heterocycles. The summed E-state index contributed by atoms with van der Waals surface area (Å²) in [5.74, 6) is 0. The summed E-state index contributed by atoms with van der Waals surface area (Å²) in [6.45, 7) is 2.90. The molecule has 1 N–H and O–H groups in total. The van der Waals surface area contributed by atoms with Crippen LogP contribution in [-0.2, 0) is 6.54 Å². The highest BCUT2D eigenvalue weighted by atomic mass is 79.9. The number of rotatable bonds is 4. The average molecular weight is 359 g/mol. The van der Waals surface area contributed by atoms with E-state index < -0.39 is 0 Å². The molecule has 0 aromatic heterocycles. The molecule has 2 aromatic rings. The number of hydrogen-bond donors (Lipinski definition) is 1. The molecule has 1 atom stereocenters. The van der Waals surface area contributed by atoms with E-state index in [1.807, 2.05) is 36.4 Å². The first-order valence-corrected chi connectivity index (χ1v) is 7.54. The zero-order chi connectivity index (χ0) is 13.8. The van der Waals surface area contributed by atoms with Crippen LogP contribution in [0.3, 0.4) is 0 Å². The highest BCUT2D eigenvalue weighted by Crippen LogP contribution is 2.26. The summed E-state index contributed by atoms with van der Waals surface area (Å²) in [5.41, 5.74) is 2.36. The van der Waals surface area contributed by atoms with E-state index in [2.05, 4.69) is 34.2 Å². The van der Waals surface area contributed by atoms with E-state index in [4.69, 9.17) is 23.2 Å². The monoisotopic (exact) mass is 357 g/mol. The van der Waals surface area contributed by atoms with Crippen LogP contribution in [0.5, 0.6) is 0 Å². The molecule has 0 aliphatic carbocycles. The Bertz CT molecular complexity index is 572. The molecule has 0 fully saturated rings. The van der Waals surface area contributed by atoms with Crippen molar-refractivity contribution in [3.05, 3.63) is 68.1 Å². The fourth-order valence-electron chi connectivity index (χ4n) is 1.80. The molecule has 0 bridgehead atoms. The predicted octanol–water partition coefficient (Wildman–Crippen LogP) is 5.61. The van der Waals surface area contributed by atoms with E-state index in [0.29, 0.717) is 10.0 Å². The highest BCUT2D eigenvalue weighted by molar-refractivity contribution is 9.10. The number of hydrogen-bond acceptors (Lipinski definition) is 1. The van der Waals surface area contributed by atoms with Crippen LogP contribution in [0.4, 0.5) is 0 Å². The first-order valence-electron chi connectivity index (χ1n) is 5.99. The lowest BCUT2D eigenvalue weighted by molar-refractivity contribution is 0.574. The van der Waals surface area contributed by atoms with Gasteiger partial charge in [0.2, 0.25) is 0 Å². The van der Waals surface area contributed by atoms with Crippen LogP contribution in [0.1, 0.15) is 24.1 Å².